The van der Waals surface area contributed by atoms with E-state index in [9.17, 15) is 9.59 Å². The van der Waals surface area contributed by atoms with Crippen LogP contribution in [0.4, 0.5) is 16.3 Å². The highest BCUT2D eigenvalue weighted by molar-refractivity contribution is 6.01. The predicted molar refractivity (Wildman–Crippen MR) is 128 cm³/mol. The second kappa shape index (κ2) is 10.7. The van der Waals surface area contributed by atoms with E-state index < -0.39 is 6.03 Å². The number of amides is 3. The maximum Gasteiger partial charge on any atom is 0.324 e. The average molecular weight is 462 g/mol. The molecule has 0 saturated carbocycles. The molecule has 4 rings (SSSR count). The maximum absolute atomic E-state index is 12.8. The topological polar surface area (TPSA) is 130 Å². The SMILES string of the molecule is COc1cc(C(=O)NC2CNC(Cc3cccnc3)C2)ccc1NC(=O)Nc1cnc(C)cn1. The zero-order chi connectivity index (χ0) is 23.9. The zero-order valence-corrected chi connectivity index (χ0v) is 19.0. The number of benzene rings is 1. The normalized spacial score (nSPS) is 17.1. The lowest BCUT2D eigenvalue weighted by molar-refractivity contribution is 0.0939. The Labute approximate surface area is 197 Å². The van der Waals surface area contributed by atoms with Crippen LogP contribution >= 0.6 is 0 Å². The van der Waals surface area contributed by atoms with Gasteiger partial charge in [0, 0.05) is 36.6 Å². The van der Waals surface area contributed by atoms with Crippen LogP contribution in [0.3, 0.4) is 0 Å². The molecule has 10 heteroatoms. The van der Waals surface area contributed by atoms with Crippen LogP contribution in [-0.2, 0) is 6.42 Å². The number of nitrogens with zero attached hydrogens (tertiary/aromatic N) is 3. The molecule has 1 aliphatic rings. The lowest BCUT2D eigenvalue weighted by Gasteiger charge is -2.15. The molecule has 2 aromatic heterocycles. The van der Waals surface area contributed by atoms with Crippen molar-refractivity contribution in [2.45, 2.75) is 31.8 Å². The van der Waals surface area contributed by atoms with E-state index in [4.69, 9.17) is 4.74 Å². The summed E-state index contributed by atoms with van der Waals surface area (Å²) < 4.78 is 5.39. The summed E-state index contributed by atoms with van der Waals surface area (Å²) in [7, 11) is 1.48. The summed E-state index contributed by atoms with van der Waals surface area (Å²) in [5, 5.41) is 11.8. The highest BCUT2D eigenvalue weighted by Gasteiger charge is 2.26. The molecule has 34 heavy (non-hydrogen) atoms. The summed E-state index contributed by atoms with van der Waals surface area (Å²) >= 11 is 0. The highest BCUT2D eigenvalue weighted by Crippen LogP contribution is 2.26. The molecule has 2 atom stereocenters. The number of aromatic nitrogens is 3. The molecule has 4 N–H and O–H groups in total. The van der Waals surface area contributed by atoms with Gasteiger partial charge in [-0.3, -0.25) is 20.1 Å². The van der Waals surface area contributed by atoms with Crippen molar-refractivity contribution in [2.24, 2.45) is 0 Å². The van der Waals surface area contributed by atoms with E-state index in [1.54, 1.807) is 30.6 Å². The van der Waals surface area contributed by atoms with E-state index in [0.717, 1.165) is 18.5 Å². The molecule has 3 aromatic rings. The number of urea groups is 1. The number of carbonyl (C=O) groups excluding carboxylic acids is 2. The summed E-state index contributed by atoms with van der Waals surface area (Å²) in [5.41, 5.74) is 2.79. The molecular formula is C24H27N7O3. The van der Waals surface area contributed by atoms with Crippen molar-refractivity contribution in [1.29, 1.82) is 0 Å². The van der Waals surface area contributed by atoms with Crippen molar-refractivity contribution in [2.75, 3.05) is 24.3 Å². The number of anilines is 2. The van der Waals surface area contributed by atoms with E-state index >= 15 is 0 Å². The highest BCUT2D eigenvalue weighted by atomic mass is 16.5. The minimum Gasteiger partial charge on any atom is -0.495 e. The van der Waals surface area contributed by atoms with Gasteiger partial charge in [0.25, 0.3) is 5.91 Å². The molecule has 2 unspecified atom stereocenters. The minimum absolute atomic E-state index is 0.0272. The Morgan fingerprint density at radius 2 is 2.03 bits per heavy atom. The first-order valence-corrected chi connectivity index (χ1v) is 11.0. The van der Waals surface area contributed by atoms with Gasteiger partial charge in [0.05, 0.1) is 30.9 Å². The van der Waals surface area contributed by atoms with Crippen LogP contribution in [0.2, 0.25) is 0 Å². The smallest absolute Gasteiger partial charge is 0.324 e. The van der Waals surface area contributed by atoms with Crippen LogP contribution in [0.5, 0.6) is 5.75 Å². The van der Waals surface area contributed by atoms with Crippen molar-refractivity contribution >= 4 is 23.4 Å². The monoisotopic (exact) mass is 461 g/mol. The Morgan fingerprint density at radius 3 is 2.76 bits per heavy atom. The Morgan fingerprint density at radius 1 is 1.15 bits per heavy atom. The number of ether oxygens (including phenoxy) is 1. The quantitative estimate of drug-likeness (QED) is 0.425. The third-order valence-electron chi connectivity index (χ3n) is 5.50. The first kappa shape index (κ1) is 23.1. The van der Waals surface area contributed by atoms with E-state index in [-0.39, 0.29) is 18.0 Å². The van der Waals surface area contributed by atoms with Gasteiger partial charge in [-0.2, -0.15) is 0 Å². The van der Waals surface area contributed by atoms with Crippen LogP contribution in [0.1, 0.15) is 28.0 Å². The number of nitrogens with one attached hydrogen (secondary N) is 4. The number of carbonyl (C=O) groups is 2. The molecule has 1 saturated heterocycles. The van der Waals surface area contributed by atoms with Gasteiger partial charge >= 0.3 is 6.03 Å². The van der Waals surface area contributed by atoms with Gasteiger partial charge in [0.1, 0.15) is 5.75 Å². The summed E-state index contributed by atoms with van der Waals surface area (Å²) in [6, 6.07) is 8.68. The third-order valence-corrected chi connectivity index (χ3v) is 5.50. The minimum atomic E-state index is -0.495. The zero-order valence-electron chi connectivity index (χ0n) is 19.0. The molecule has 0 radical (unpaired) electrons. The number of hydrogen-bond donors (Lipinski definition) is 4. The molecule has 1 aliphatic heterocycles. The molecule has 10 nitrogen and oxygen atoms in total. The second-order valence-corrected chi connectivity index (χ2v) is 8.11. The van der Waals surface area contributed by atoms with E-state index in [2.05, 4.69) is 42.3 Å². The van der Waals surface area contributed by atoms with Gasteiger partial charge in [0.2, 0.25) is 0 Å². The summed E-state index contributed by atoms with van der Waals surface area (Å²) in [6.45, 7) is 2.51. The molecule has 0 spiro atoms. The van der Waals surface area contributed by atoms with E-state index in [0.29, 0.717) is 29.4 Å². The number of rotatable bonds is 7. The first-order chi connectivity index (χ1) is 16.5. The summed E-state index contributed by atoms with van der Waals surface area (Å²) in [4.78, 5) is 37.5. The largest absolute Gasteiger partial charge is 0.495 e. The summed E-state index contributed by atoms with van der Waals surface area (Å²) in [5.74, 6) is 0.500. The Bertz CT molecular complexity index is 1140. The molecule has 0 aliphatic carbocycles. The Kier molecular flexibility index (Phi) is 7.28. The van der Waals surface area contributed by atoms with Crippen molar-refractivity contribution in [3.05, 3.63) is 71.9 Å². The molecule has 3 heterocycles. The molecule has 176 valence electrons. The fraction of sp³-hybridized carbons (Fsp3) is 0.292. The van der Waals surface area contributed by atoms with Gasteiger partial charge in [-0.15, -0.1) is 0 Å². The lowest BCUT2D eigenvalue weighted by Crippen LogP contribution is -2.36. The van der Waals surface area contributed by atoms with E-state index in [1.165, 1.54) is 18.9 Å². The van der Waals surface area contributed by atoms with Gasteiger partial charge in [0.15, 0.2) is 5.82 Å². The van der Waals surface area contributed by atoms with Crippen molar-refractivity contribution in [1.82, 2.24) is 25.6 Å². The molecule has 1 aromatic carbocycles. The average Bonchev–Trinajstić information content (AvgIpc) is 3.27. The number of methoxy groups -OCH3 is 1. The van der Waals surface area contributed by atoms with Crippen LogP contribution < -0.4 is 26.0 Å². The standard InChI is InChI=1S/C24H27N7O3/c1-15-11-28-22(14-26-15)31-24(33)30-20-6-5-17(9-21(20)34-2)23(32)29-19-10-18(27-13-19)8-16-4-3-7-25-12-16/h3-7,9,11-12,14,18-19,27H,8,10,13H2,1-2H3,(H,29,32)(H2,28,30,31,33). The lowest BCUT2D eigenvalue weighted by atomic mass is 10.0. The first-order valence-electron chi connectivity index (χ1n) is 11.0. The van der Waals surface area contributed by atoms with Crippen molar-refractivity contribution < 1.29 is 14.3 Å². The van der Waals surface area contributed by atoms with Crippen LogP contribution in [0.15, 0.2) is 55.1 Å². The van der Waals surface area contributed by atoms with Crippen molar-refractivity contribution in [3.63, 3.8) is 0 Å². The van der Waals surface area contributed by atoms with Crippen LogP contribution in [0, 0.1) is 6.92 Å². The molecule has 1 fully saturated rings. The number of pyridine rings is 1. The number of aryl methyl sites for hydroxylation is 1. The van der Waals surface area contributed by atoms with Gasteiger partial charge in [-0.05, 0) is 49.6 Å². The van der Waals surface area contributed by atoms with Gasteiger partial charge in [-0.1, -0.05) is 6.07 Å². The Balaban J connectivity index is 1.33. The third kappa shape index (κ3) is 6.04. The number of hydrogen-bond acceptors (Lipinski definition) is 7. The summed E-state index contributed by atoms with van der Waals surface area (Å²) in [6.07, 6.45) is 8.35. The van der Waals surface area contributed by atoms with Crippen molar-refractivity contribution in [3.8, 4) is 5.75 Å². The fourth-order valence-corrected chi connectivity index (χ4v) is 3.82. The molecule has 0 bridgehead atoms. The van der Waals surface area contributed by atoms with E-state index in [1.807, 2.05) is 19.2 Å². The molecule has 3 amide bonds. The van der Waals surface area contributed by atoms with Gasteiger partial charge in [-0.25, -0.2) is 9.78 Å². The van der Waals surface area contributed by atoms with Crippen LogP contribution in [-0.4, -0.2) is 52.6 Å². The fourth-order valence-electron chi connectivity index (χ4n) is 3.82. The van der Waals surface area contributed by atoms with Crippen LogP contribution in [0.25, 0.3) is 0 Å². The Hall–Kier alpha value is -4.05. The second-order valence-electron chi connectivity index (χ2n) is 8.11. The molecular weight excluding hydrogens is 434 g/mol. The van der Waals surface area contributed by atoms with Gasteiger partial charge < -0.3 is 20.7 Å². The predicted octanol–water partition coefficient (Wildman–Crippen LogP) is 2.54. The maximum atomic E-state index is 12.8.